The second kappa shape index (κ2) is 3.91. The topological polar surface area (TPSA) is 64.4 Å². The molecule has 0 aromatic heterocycles. The van der Waals surface area contributed by atoms with Crippen molar-refractivity contribution in [2.45, 2.75) is 24.6 Å². The van der Waals surface area contributed by atoms with Gasteiger partial charge in [0.1, 0.15) is 6.17 Å². The first kappa shape index (κ1) is 11.4. The highest BCUT2D eigenvalue weighted by atomic mass is 19.1. The lowest BCUT2D eigenvalue weighted by molar-refractivity contribution is -0.384. The van der Waals surface area contributed by atoms with Crippen molar-refractivity contribution < 1.29 is 14.1 Å². The molecule has 1 saturated heterocycles. The van der Waals surface area contributed by atoms with E-state index in [1.54, 1.807) is 6.07 Å². The molecule has 1 aromatic rings. The number of nitrogens with zero attached hydrogens (tertiary/aromatic N) is 1. The quantitative estimate of drug-likeness (QED) is 0.613. The minimum atomic E-state index is -1.09. The van der Waals surface area contributed by atoms with E-state index in [0.29, 0.717) is 25.1 Å². The summed E-state index contributed by atoms with van der Waals surface area (Å²) in [5, 5.41) is 13.9. The number of nitrogens with one attached hydrogen (secondary N) is 1. The lowest BCUT2D eigenvalue weighted by atomic mass is 9.86. The summed E-state index contributed by atoms with van der Waals surface area (Å²) in [7, 11) is 0. The third kappa shape index (κ3) is 1.64. The van der Waals surface area contributed by atoms with Crippen molar-refractivity contribution in [3.8, 4) is 0 Å². The van der Waals surface area contributed by atoms with Crippen LogP contribution in [0.3, 0.4) is 0 Å². The average molecular weight is 252 g/mol. The number of nitro groups is 1. The fourth-order valence-electron chi connectivity index (χ4n) is 2.70. The molecule has 0 radical (unpaired) electrons. The minimum absolute atomic E-state index is 0.0285. The first-order valence-electron chi connectivity index (χ1n) is 5.88. The molecular weight excluding hydrogens is 239 g/mol. The van der Waals surface area contributed by atoms with Crippen LogP contribution in [0.25, 0.3) is 0 Å². The smallest absolute Gasteiger partial charge is 0.271 e. The summed E-state index contributed by atoms with van der Waals surface area (Å²) in [6.07, 6.45) is 0.0549. The Morgan fingerprint density at radius 1 is 1.56 bits per heavy atom. The molecule has 0 saturated carbocycles. The molecule has 1 spiro atoms. The van der Waals surface area contributed by atoms with E-state index in [2.05, 4.69) is 5.32 Å². The van der Waals surface area contributed by atoms with Crippen molar-refractivity contribution in [3.63, 3.8) is 0 Å². The van der Waals surface area contributed by atoms with Crippen molar-refractivity contribution >= 4 is 11.4 Å². The number of rotatable bonds is 1. The number of hydrogen-bond acceptors (Lipinski definition) is 4. The van der Waals surface area contributed by atoms with Crippen LogP contribution in [0.2, 0.25) is 0 Å². The molecule has 2 heterocycles. The molecule has 18 heavy (non-hydrogen) atoms. The first-order chi connectivity index (χ1) is 8.61. The molecule has 2 unspecified atom stereocenters. The molecule has 5 nitrogen and oxygen atoms in total. The maximum absolute atomic E-state index is 14.0. The molecule has 2 atom stereocenters. The van der Waals surface area contributed by atoms with Crippen LogP contribution < -0.4 is 5.32 Å². The Bertz CT molecular complexity index is 508. The van der Waals surface area contributed by atoms with Gasteiger partial charge in [-0.1, -0.05) is 6.07 Å². The third-order valence-corrected chi connectivity index (χ3v) is 3.75. The summed E-state index contributed by atoms with van der Waals surface area (Å²) in [4.78, 5) is 10.3. The van der Waals surface area contributed by atoms with Crippen molar-refractivity contribution in [1.82, 2.24) is 0 Å². The van der Waals surface area contributed by atoms with E-state index in [1.165, 1.54) is 12.1 Å². The van der Waals surface area contributed by atoms with Crippen LogP contribution in [0.1, 0.15) is 12.0 Å². The van der Waals surface area contributed by atoms with Crippen LogP contribution in [-0.2, 0) is 11.2 Å². The van der Waals surface area contributed by atoms with Gasteiger partial charge in [-0.3, -0.25) is 10.1 Å². The number of alkyl halides is 1. The van der Waals surface area contributed by atoms with E-state index in [4.69, 9.17) is 4.74 Å². The van der Waals surface area contributed by atoms with Gasteiger partial charge in [-0.25, -0.2) is 4.39 Å². The van der Waals surface area contributed by atoms with Crippen LogP contribution in [-0.4, -0.2) is 29.8 Å². The fraction of sp³-hybridized carbons (Fsp3) is 0.500. The van der Waals surface area contributed by atoms with Crippen molar-refractivity contribution in [2.24, 2.45) is 0 Å². The molecule has 2 aliphatic rings. The molecule has 2 aliphatic heterocycles. The van der Waals surface area contributed by atoms with Crippen LogP contribution in [0.5, 0.6) is 0 Å². The SMILES string of the molecule is O=[N+]([O-])c1ccc2c(c1)NC1(CCOCC1F)C2. The van der Waals surface area contributed by atoms with Gasteiger partial charge in [-0.05, 0) is 12.0 Å². The Kier molecular flexibility index (Phi) is 2.48. The van der Waals surface area contributed by atoms with Gasteiger partial charge in [0.05, 0.1) is 17.1 Å². The average Bonchev–Trinajstić information content (AvgIpc) is 2.71. The van der Waals surface area contributed by atoms with E-state index < -0.39 is 16.6 Å². The minimum Gasteiger partial charge on any atom is -0.378 e. The first-order valence-corrected chi connectivity index (χ1v) is 5.88. The van der Waals surface area contributed by atoms with Gasteiger partial charge in [-0.2, -0.15) is 0 Å². The summed E-state index contributed by atoms with van der Waals surface area (Å²) in [6.45, 7) is 0.604. The van der Waals surface area contributed by atoms with E-state index >= 15 is 0 Å². The Hall–Kier alpha value is -1.69. The van der Waals surface area contributed by atoms with Crippen LogP contribution >= 0.6 is 0 Å². The second-order valence-electron chi connectivity index (χ2n) is 4.85. The number of benzene rings is 1. The number of fused-ring (bicyclic) bond motifs is 1. The predicted molar refractivity (Wildman–Crippen MR) is 63.5 cm³/mol. The monoisotopic (exact) mass is 252 g/mol. The zero-order chi connectivity index (χ0) is 12.8. The molecule has 1 aromatic carbocycles. The zero-order valence-corrected chi connectivity index (χ0v) is 9.69. The summed E-state index contributed by atoms with van der Waals surface area (Å²) < 4.78 is 19.2. The van der Waals surface area contributed by atoms with Crippen molar-refractivity contribution in [1.29, 1.82) is 0 Å². The number of nitro benzene ring substituents is 1. The van der Waals surface area contributed by atoms with Gasteiger partial charge < -0.3 is 10.1 Å². The predicted octanol–water partition coefficient (Wildman–Crippen LogP) is 2.06. The Morgan fingerprint density at radius 3 is 3.11 bits per heavy atom. The standard InChI is InChI=1S/C12H13FN2O3/c13-11-7-18-4-3-12(11)6-8-1-2-9(15(16)17)5-10(8)14-12/h1-2,5,11,14H,3-4,6-7H2. The van der Waals surface area contributed by atoms with Gasteiger partial charge >= 0.3 is 0 Å². The number of anilines is 1. The van der Waals surface area contributed by atoms with Crippen LogP contribution in [0, 0.1) is 10.1 Å². The molecule has 96 valence electrons. The number of hydrogen-bond donors (Lipinski definition) is 1. The summed E-state index contributed by atoms with van der Waals surface area (Å²) in [5.41, 5.74) is 0.996. The Labute approximate surface area is 103 Å². The Morgan fingerprint density at radius 2 is 2.39 bits per heavy atom. The van der Waals surface area contributed by atoms with E-state index in [1.807, 2.05) is 0 Å². The molecule has 3 rings (SSSR count). The largest absolute Gasteiger partial charge is 0.378 e. The van der Waals surface area contributed by atoms with Gasteiger partial charge in [0.25, 0.3) is 5.69 Å². The molecule has 6 heteroatoms. The fourth-order valence-corrected chi connectivity index (χ4v) is 2.70. The number of ether oxygens (including phenoxy) is 1. The summed E-state index contributed by atoms with van der Waals surface area (Å²) in [6, 6.07) is 4.65. The maximum Gasteiger partial charge on any atom is 0.271 e. The van der Waals surface area contributed by atoms with E-state index in [-0.39, 0.29) is 12.3 Å². The molecule has 0 bridgehead atoms. The molecule has 1 N–H and O–H groups in total. The molecule has 1 fully saturated rings. The van der Waals surface area contributed by atoms with Crippen molar-refractivity contribution in [2.75, 3.05) is 18.5 Å². The van der Waals surface area contributed by atoms with Crippen LogP contribution in [0.4, 0.5) is 15.8 Å². The molecule has 0 aliphatic carbocycles. The second-order valence-corrected chi connectivity index (χ2v) is 4.85. The number of non-ortho nitro benzene ring substituents is 1. The van der Waals surface area contributed by atoms with Gasteiger partial charge in [0.2, 0.25) is 0 Å². The van der Waals surface area contributed by atoms with E-state index in [9.17, 15) is 14.5 Å². The van der Waals surface area contributed by atoms with Gasteiger partial charge in [0.15, 0.2) is 0 Å². The highest BCUT2D eigenvalue weighted by Gasteiger charge is 2.46. The maximum atomic E-state index is 14.0. The summed E-state index contributed by atoms with van der Waals surface area (Å²) >= 11 is 0. The lowest BCUT2D eigenvalue weighted by Crippen LogP contribution is -2.52. The Balaban J connectivity index is 1.92. The number of halogens is 1. The lowest BCUT2D eigenvalue weighted by Gasteiger charge is -2.37. The normalized spacial score (nSPS) is 29.9. The summed E-state index contributed by atoms with van der Waals surface area (Å²) in [5.74, 6) is 0. The van der Waals surface area contributed by atoms with E-state index in [0.717, 1.165) is 5.56 Å². The van der Waals surface area contributed by atoms with Gasteiger partial charge in [0, 0.05) is 30.8 Å². The zero-order valence-electron chi connectivity index (χ0n) is 9.69. The van der Waals surface area contributed by atoms with Crippen molar-refractivity contribution in [3.05, 3.63) is 33.9 Å². The van der Waals surface area contributed by atoms with Crippen LogP contribution in [0.15, 0.2) is 18.2 Å². The van der Waals surface area contributed by atoms with Gasteiger partial charge in [-0.15, -0.1) is 0 Å². The molecular formula is C12H13FN2O3. The third-order valence-electron chi connectivity index (χ3n) is 3.75. The highest BCUT2D eigenvalue weighted by molar-refractivity contribution is 5.63. The molecule has 0 amide bonds. The highest BCUT2D eigenvalue weighted by Crippen LogP contribution is 2.41.